The van der Waals surface area contributed by atoms with Gasteiger partial charge in [-0.15, -0.1) is 0 Å². The summed E-state index contributed by atoms with van der Waals surface area (Å²) in [5.74, 6) is 0.148. The molecule has 0 aromatic carbocycles. The Bertz CT molecular complexity index is 427. The summed E-state index contributed by atoms with van der Waals surface area (Å²) in [6, 6.07) is 3.36. The monoisotopic (exact) mass is 231 g/mol. The second-order valence-corrected chi connectivity index (χ2v) is 5.07. The molecule has 3 atom stereocenters. The number of carbonyl (C=O) groups excluding carboxylic acids is 2. The molecule has 1 aliphatic rings. The Labute approximate surface area is 101 Å². The third-order valence-corrected chi connectivity index (χ3v) is 3.49. The molecule has 0 radical (unpaired) electrons. The van der Waals surface area contributed by atoms with Gasteiger partial charge in [0, 0.05) is 24.4 Å². The second kappa shape index (κ2) is 4.78. The molecular formula is C14H17NO2. The van der Waals surface area contributed by atoms with E-state index in [1.54, 1.807) is 24.5 Å². The maximum absolute atomic E-state index is 12.3. The van der Waals surface area contributed by atoms with Crippen LogP contribution in [0.25, 0.3) is 0 Å². The summed E-state index contributed by atoms with van der Waals surface area (Å²) in [6.45, 7) is 4.07. The third-order valence-electron chi connectivity index (χ3n) is 3.49. The fraction of sp³-hybridized carbons (Fsp3) is 0.500. The molecule has 1 heterocycles. The molecule has 0 N–H and O–H groups in total. The molecule has 0 bridgehead atoms. The summed E-state index contributed by atoms with van der Waals surface area (Å²) in [5, 5.41) is 0. The molecule has 0 amide bonds. The van der Waals surface area contributed by atoms with Crippen molar-refractivity contribution < 1.29 is 9.59 Å². The first-order valence-electron chi connectivity index (χ1n) is 6.06. The lowest BCUT2D eigenvalue weighted by atomic mass is 9.72. The van der Waals surface area contributed by atoms with E-state index in [-0.39, 0.29) is 17.5 Å². The van der Waals surface area contributed by atoms with Crippen LogP contribution in [-0.4, -0.2) is 16.6 Å². The molecule has 0 spiro atoms. The number of hydrogen-bond donors (Lipinski definition) is 0. The minimum atomic E-state index is -0.450. The lowest BCUT2D eigenvalue weighted by Crippen LogP contribution is -2.36. The highest BCUT2D eigenvalue weighted by atomic mass is 16.2. The smallest absolute Gasteiger partial charge is 0.173 e. The Hall–Kier alpha value is -1.51. The fourth-order valence-corrected chi connectivity index (χ4v) is 2.74. The lowest BCUT2D eigenvalue weighted by molar-refractivity contribution is -0.125. The molecule has 3 unspecified atom stereocenters. The van der Waals surface area contributed by atoms with Crippen molar-refractivity contribution in [2.24, 2.45) is 17.8 Å². The number of aromatic nitrogens is 1. The van der Waals surface area contributed by atoms with Crippen molar-refractivity contribution in [1.82, 2.24) is 4.98 Å². The summed E-state index contributed by atoms with van der Waals surface area (Å²) in [7, 11) is 0. The molecule has 90 valence electrons. The van der Waals surface area contributed by atoms with Crippen molar-refractivity contribution >= 4 is 11.6 Å². The van der Waals surface area contributed by atoms with E-state index in [4.69, 9.17) is 0 Å². The van der Waals surface area contributed by atoms with Gasteiger partial charge in [0.1, 0.15) is 5.78 Å². The van der Waals surface area contributed by atoms with Crippen molar-refractivity contribution in [2.75, 3.05) is 0 Å². The number of pyridine rings is 1. The van der Waals surface area contributed by atoms with Crippen LogP contribution in [0.3, 0.4) is 0 Å². The van der Waals surface area contributed by atoms with E-state index in [1.165, 1.54) is 0 Å². The average molecular weight is 231 g/mol. The number of rotatable bonds is 2. The molecule has 0 saturated heterocycles. The molecular weight excluding hydrogens is 214 g/mol. The quantitative estimate of drug-likeness (QED) is 0.580. The van der Waals surface area contributed by atoms with E-state index in [1.807, 2.05) is 6.92 Å². The number of Topliss-reactive ketones (excluding diaryl/α,β-unsaturated/α-hetero) is 2. The van der Waals surface area contributed by atoms with Crippen molar-refractivity contribution in [3.8, 4) is 0 Å². The number of nitrogens with zero attached hydrogens (tertiary/aromatic N) is 1. The predicted molar refractivity (Wildman–Crippen MR) is 64.6 cm³/mol. The molecule has 0 aliphatic heterocycles. The van der Waals surface area contributed by atoms with Crippen molar-refractivity contribution in [3.63, 3.8) is 0 Å². The predicted octanol–water partition coefficient (Wildman–Crippen LogP) is 2.52. The van der Waals surface area contributed by atoms with Crippen LogP contribution in [0.1, 0.15) is 37.0 Å². The molecule has 1 saturated carbocycles. The van der Waals surface area contributed by atoms with E-state index >= 15 is 0 Å². The average Bonchev–Trinajstić information content (AvgIpc) is 2.28. The van der Waals surface area contributed by atoms with E-state index in [0.717, 1.165) is 6.42 Å². The van der Waals surface area contributed by atoms with Gasteiger partial charge < -0.3 is 0 Å². The van der Waals surface area contributed by atoms with Crippen LogP contribution >= 0.6 is 0 Å². The first-order valence-corrected chi connectivity index (χ1v) is 6.06. The zero-order valence-electron chi connectivity index (χ0n) is 10.2. The summed E-state index contributed by atoms with van der Waals surface area (Å²) in [5.41, 5.74) is 0.597. The minimum Gasteiger partial charge on any atom is -0.299 e. The highest BCUT2D eigenvalue weighted by Gasteiger charge is 2.37. The van der Waals surface area contributed by atoms with Gasteiger partial charge in [-0.05, 0) is 30.4 Å². The van der Waals surface area contributed by atoms with Gasteiger partial charge in [-0.2, -0.15) is 0 Å². The topological polar surface area (TPSA) is 47.0 Å². The molecule has 3 nitrogen and oxygen atoms in total. The molecule has 1 aromatic heterocycles. The zero-order chi connectivity index (χ0) is 12.4. The molecule has 3 heteroatoms. The molecule has 1 aromatic rings. The van der Waals surface area contributed by atoms with Crippen LogP contribution in [0.15, 0.2) is 24.5 Å². The van der Waals surface area contributed by atoms with E-state index in [9.17, 15) is 9.59 Å². The molecule has 2 rings (SSSR count). The zero-order valence-corrected chi connectivity index (χ0v) is 10.2. The Morgan fingerprint density at radius 2 is 1.94 bits per heavy atom. The highest BCUT2D eigenvalue weighted by molar-refractivity contribution is 6.11. The first-order chi connectivity index (χ1) is 8.09. The standard InChI is InChI=1S/C14H17NO2/c1-9-7-10(2)13(12(16)8-9)14(17)11-3-5-15-6-4-11/h3-6,9-10,13H,7-8H2,1-2H3. The van der Waals surface area contributed by atoms with E-state index < -0.39 is 5.92 Å². The summed E-state index contributed by atoms with van der Waals surface area (Å²) < 4.78 is 0. The fourth-order valence-electron chi connectivity index (χ4n) is 2.74. The van der Waals surface area contributed by atoms with Crippen LogP contribution in [0.2, 0.25) is 0 Å². The number of carbonyl (C=O) groups is 2. The van der Waals surface area contributed by atoms with Crippen LogP contribution in [-0.2, 0) is 4.79 Å². The van der Waals surface area contributed by atoms with Crippen LogP contribution in [0.5, 0.6) is 0 Å². The van der Waals surface area contributed by atoms with E-state index in [2.05, 4.69) is 11.9 Å². The van der Waals surface area contributed by atoms with Gasteiger partial charge in [-0.1, -0.05) is 13.8 Å². The maximum atomic E-state index is 12.3. The summed E-state index contributed by atoms with van der Waals surface area (Å²) >= 11 is 0. The molecule has 1 fully saturated rings. The van der Waals surface area contributed by atoms with Crippen molar-refractivity contribution in [3.05, 3.63) is 30.1 Å². The largest absolute Gasteiger partial charge is 0.299 e. The third kappa shape index (κ3) is 2.43. The Balaban J connectivity index is 2.22. The Kier molecular flexibility index (Phi) is 3.36. The van der Waals surface area contributed by atoms with Gasteiger partial charge in [0.05, 0.1) is 5.92 Å². The summed E-state index contributed by atoms with van der Waals surface area (Å²) in [4.78, 5) is 28.2. The van der Waals surface area contributed by atoms with Gasteiger partial charge in [0.2, 0.25) is 0 Å². The minimum absolute atomic E-state index is 0.0446. The Morgan fingerprint density at radius 3 is 2.53 bits per heavy atom. The SMILES string of the molecule is CC1CC(=O)C(C(=O)c2ccncc2)C(C)C1. The van der Waals surface area contributed by atoms with Crippen LogP contribution in [0.4, 0.5) is 0 Å². The van der Waals surface area contributed by atoms with Crippen molar-refractivity contribution in [1.29, 1.82) is 0 Å². The van der Waals surface area contributed by atoms with Crippen LogP contribution in [0, 0.1) is 17.8 Å². The molecule has 17 heavy (non-hydrogen) atoms. The molecule has 1 aliphatic carbocycles. The summed E-state index contributed by atoms with van der Waals surface area (Å²) in [6.07, 6.45) is 4.67. The number of hydrogen-bond acceptors (Lipinski definition) is 3. The van der Waals surface area contributed by atoms with Crippen molar-refractivity contribution in [2.45, 2.75) is 26.7 Å². The normalized spacial score (nSPS) is 29.1. The van der Waals surface area contributed by atoms with Gasteiger partial charge in [0.15, 0.2) is 5.78 Å². The second-order valence-electron chi connectivity index (χ2n) is 5.07. The van der Waals surface area contributed by atoms with Gasteiger partial charge in [0.25, 0.3) is 0 Å². The van der Waals surface area contributed by atoms with Gasteiger partial charge in [-0.25, -0.2) is 0 Å². The number of ketones is 2. The highest BCUT2D eigenvalue weighted by Crippen LogP contribution is 2.32. The Morgan fingerprint density at radius 1 is 1.29 bits per heavy atom. The van der Waals surface area contributed by atoms with E-state index in [0.29, 0.717) is 17.9 Å². The lowest BCUT2D eigenvalue weighted by Gasteiger charge is -2.30. The first kappa shape index (κ1) is 12.0. The van der Waals surface area contributed by atoms with Crippen LogP contribution < -0.4 is 0 Å². The van der Waals surface area contributed by atoms with Gasteiger partial charge >= 0.3 is 0 Å². The van der Waals surface area contributed by atoms with Gasteiger partial charge in [-0.3, -0.25) is 14.6 Å². The maximum Gasteiger partial charge on any atom is 0.173 e.